The Hall–Kier alpha value is -1.99. The van der Waals surface area contributed by atoms with Crippen molar-refractivity contribution in [1.82, 2.24) is 10.6 Å². The Morgan fingerprint density at radius 1 is 1.40 bits per heavy atom. The van der Waals surface area contributed by atoms with Gasteiger partial charge < -0.3 is 10.6 Å². The first-order chi connectivity index (χ1) is 9.67. The molecular formula is C15H18ClN3O. The number of benzene rings is 1. The Bertz CT molecular complexity index is 503. The predicted molar refractivity (Wildman–Crippen MR) is 80.1 cm³/mol. The number of alkyl halides is 1. The number of nitriles is 1. The SMILES string of the molecule is Cc1ccc(CN/C=C(/C#N)C(=O)NCCCCl)cc1. The molecule has 0 heterocycles. The van der Waals surface area contributed by atoms with Gasteiger partial charge in [0, 0.05) is 25.2 Å². The molecule has 5 heteroatoms. The summed E-state index contributed by atoms with van der Waals surface area (Å²) in [5.41, 5.74) is 2.35. The maximum absolute atomic E-state index is 11.7. The van der Waals surface area contributed by atoms with Crippen molar-refractivity contribution in [1.29, 1.82) is 5.26 Å². The van der Waals surface area contributed by atoms with E-state index in [9.17, 15) is 4.79 Å². The van der Waals surface area contributed by atoms with Gasteiger partial charge in [0.05, 0.1) is 0 Å². The van der Waals surface area contributed by atoms with Crippen molar-refractivity contribution in [3.63, 3.8) is 0 Å². The highest BCUT2D eigenvalue weighted by atomic mass is 35.5. The molecule has 0 atom stereocenters. The van der Waals surface area contributed by atoms with Crippen molar-refractivity contribution < 1.29 is 4.79 Å². The van der Waals surface area contributed by atoms with E-state index in [0.29, 0.717) is 25.4 Å². The zero-order valence-corrected chi connectivity index (χ0v) is 12.2. The van der Waals surface area contributed by atoms with Crippen LogP contribution in [0.2, 0.25) is 0 Å². The molecule has 1 aromatic carbocycles. The molecule has 106 valence electrons. The van der Waals surface area contributed by atoms with Crippen molar-refractivity contribution in [3.8, 4) is 6.07 Å². The second-order valence-corrected chi connectivity index (χ2v) is 4.71. The minimum Gasteiger partial charge on any atom is -0.386 e. The smallest absolute Gasteiger partial charge is 0.263 e. The van der Waals surface area contributed by atoms with Gasteiger partial charge in [0.15, 0.2) is 0 Å². The van der Waals surface area contributed by atoms with Crippen LogP contribution in [0, 0.1) is 18.3 Å². The summed E-state index contributed by atoms with van der Waals surface area (Å²) in [6, 6.07) is 9.92. The highest BCUT2D eigenvalue weighted by Crippen LogP contribution is 2.02. The molecule has 0 aromatic heterocycles. The maximum atomic E-state index is 11.7. The molecule has 0 saturated heterocycles. The van der Waals surface area contributed by atoms with Crippen LogP contribution < -0.4 is 10.6 Å². The third-order valence-electron chi connectivity index (χ3n) is 2.63. The van der Waals surface area contributed by atoms with Crippen LogP contribution in [-0.2, 0) is 11.3 Å². The summed E-state index contributed by atoms with van der Waals surface area (Å²) in [5.74, 6) is 0.103. The molecule has 0 aliphatic rings. The molecule has 20 heavy (non-hydrogen) atoms. The molecule has 0 aliphatic carbocycles. The topological polar surface area (TPSA) is 64.9 Å². The largest absolute Gasteiger partial charge is 0.386 e. The van der Waals surface area contributed by atoms with Gasteiger partial charge in [-0.1, -0.05) is 29.8 Å². The van der Waals surface area contributed by atoms with Gasteiger partial charge in [-0.05, 0) is 18.9 Å². The summed E-state index contributed by atoms with van der Waals surface area (Å²) in [7, 11) is 0. The first-order valence-electron chi connectivity index (χ1n) is 6.40. The molecule has 0 saturated carbocycles. The Labute approximate surface area is 124 Å². The molecule has 1 amide bonds. The van der Waals surface area contributed by atoms with Crippen molar-refractivity contribution in [2.24, 2.45) is 0 Å². The van der Waals surface area contributed by atoms with E-state index in [1.54, 1.807) is 0 Å². The summed E-state index contributed by atoms with van der Waals surface area (Å²) in [5, 5.41) is 14.5. The van der Waals surface area contributed by atoms with E-state index in [4.69, 9.17) is 16.9 Å². The highest BCUT2D eigenvalue weighted by Gasteiger charge is 2.07. The number of hydrogen-bond donors (Lipinski definition) is 2. The standard InChI is InChI=1S/C15H18ClN3O/c1-12-3-5-13(6-4-12)10-18-11-14(9-17)15(20)19-8-2-7-16/h3-6,11,18H,2,7-8,10H2,1H3,(H,19,20)/b14-11-. The van der Waals surface area contributed by atoms with Crippen molar-refractivity contribution >= 4 is 17.5 Å². The van der Waals surface area contributed by atoms with Crippen molar-refractivity contribution in [2.75, 3.05) is 12.4 Å². The number of carbonyl (C=O) groups excluding carboxylic acids is 1. The summed E-state index contributed by atoms with van der Waals surface area (Å²) < 4.78 is 0. The van der Waals surface area contributed by atoms with E-state index in [1.165, 1.54) is 11.8 Å². The molecule has 2 N–H and O–H groups in total. The highest BCUT2D eigenvalue weighted by molar-refractivity contribution is 6.17. The third kappa shape index (κ3) is 5.77. The predicted octanol–water partition coefficient (Wildman–Crippen LogP) is 2.24. The average molecular weight is 292 g/mol. The van der Waals surface area contributed by atoms with Crippen molar-refractivity contribution in [2.45, 2.75) is 19.9 Å². The summed E-state index contributed by atoms with van der Waals surface area (Å²) >= 11 is 5.52. The Kier molecular flexibility index (Phi) is 7.23. The van der Waals surface area contributed by atoms with Crippen LogP contribution in [0.3, 0.4) is 0 Å². The molecule has 0 spiro atoms. The number of rotatable bonds is 7. The fourth-order valence-electron chi connectivity index (χ4n) is 1.49. The lowest BCUT2D eigenvalue weighted by Gasteiger charge is -2.04. The fraction of sp³-hybridized carbons (Fsp3) is 0.333. The molecule has 0 fully saturated rings. The summed E-state index contributed by atoms with van der Waals surface area (Å²) in [6.07, 6.45) is 2.12. The molecule has 0 radical (unpaired) electrons. The number of hydrogen-bond acceptors (Lipinski definition) is 3. The second kappa shape index (κ2) is 9.00. The van der Waals surface area contributed by atoms with E-state index in [1.807, 2.05) is 37.3 Å². The van der Waals surface area contributed by atoms with Gasteiger partial charge in [-0.15, -0.1) is 11.6 Å². The Morgan fingerprint density at radius 3 is 2.70 bits per heavy atom. The number of aryl methyl sites for hydroxylation is 1. The second-order valence-electron chi connectivity index (χ2n) is 4.33. The van der Waals surface area contributed by atoms with Crippen LogP contribution in [0.25, 0.3) is 0 Å². The number of carbonyl (C=O) groups is 1. The molecule has 1 aromatic rings. The van der Waals surface area contributed by atoms with Crippen LogP contribution in [-0.4, -0.2) is 18.3 Å². The lowest BCUT2D eigenvalue weighted by atomic mass is 10.1. The normalized spacial score (nSPS) is 10.8. The monoisotopic (exact) mass is 291 g/mol. The number of nitrogens with one attached hydrogen (secondary N) is 2. The number of amides is 1. The minimum absolute atomic E-state index is 0.0617. The molecular weight excluding hydrogens is 274 g/mol. The quantitative estimate of drug-likeness (QED) is 0.350. The van der Waals surface area contributed by atoms with E-state index in [2.05, 4.69) is 10.6 Å². The fourth-order valence-corrected chi connectivity index (χ4v) is 1.62. The summed E-state index contributed by atoms with van der Waals surface area (Å²) in [6.45, 7) is 3.07. The van der Waals surface area contributed by atoms with Gasteiger partial charge in [0.1, 0.15) is 11.6 Å². The van der Waals surface area contributed by atoms with E-state index >= 15 is 0 Å². The van der Waals surface area contributed by atoms with Gasteiger partial charge in [0.2, 0.25) is 0 Å². The molecule has 0 bridgehead atoms. The zero-order valence-electron chi connectivity index (χ0n) is 11.4. The number of halogens is 1. The van der Waals surface area contributed by atoms with Gasteiger partial charge in [0.25, 0.3) is 5.91 Å². The van der Waals surface area contributed by atoms with Gasteiger partial charge in [-0.3, -0.25) is 4.79 Å². The lowest BCUT2D eigenvalue weighted by molar-refractivity contribution is -0.117. The van der Waals surface area contributed by atoms with Gasteiger partial charge in [-0.25, -0.2) is 0 Å². The lowest BCUT2D eigenvalue weighted by Crippen LogP contribution is -2.26. The molecule has 4 nitrogen and oxygen atoms in total. The molecule has 0 aliphatic heterocycles. The van der Waals surface area contributed by atoms with Crippen LogP contribution in [0.4, 0.5) is 0 Å². The third-order valence-corrected chi connectivity index (χ3v) is 2.90. The maximum Gasteiger partial charge on any atom is 0.263 e. The van der Waals surface area contributed by atoms with Gasteiger partial charge in [-0.2, -0.15) is 5.26 Å². The van der Waals surface area contributed by atoms with E-state index < -0.39 is 0 Å². The van der Waals surface area contributed by atoms with Crippen LogP contribution in [0.1, 0.15) is 17.5 Å². The first-order valence-corrected chi connectivity index (χ1v) is 6.94. The minimum atomic E-state index is -0.381. The van der Waals surface area contributed by atoms with Crippen LogP contribution in [0.5, 0.6) is 0 Å². The first kappa shape index (κ1) is 16.1. The van der Waals surface area contributed by atoms with E-state index in [0.717, 1.165) is 5.56 Å². The Morgan fingerprint density at radius 2 is 2.10 bits per heavy atom. The zero-order chi connectivity index (χ0) is 14.8. The van der Waals surface area contributed by atoms with Crippen LogP contribution >= 0.6 is 11.6 Å². The average Bonchev–Trinajstić information content (AvgIpc) is 2.45. The molecule has 1 rings (SSSR count). The van der Waals surface area contributed by atoms with Gasteiger partial charge >= 0.3 is 0 Å². The van der Waals surface area contributed by atoms with Crippen LogP contribution in [0.15, 0.2) is 36.0 Å². The van der Waals surface area contributed by atoms with Crippen molar-refractivity contribution in [3.05, 3.63) is 47.2 Å². The Balaban J connectivity index is 2.47. The molecule has 0 unspecified atom stereocenters. The number of nitrogens with zero attached hydrogens (tertiary/aromatic N) is 1. The van der Waals surface area contributed by atoms with E-state index in [-0.39, 0.29) is 11.5 Å². The summed E-state index contributed by atoms with van der Waals surface area (Å²) in [4.78, 5) is 11.7.